The molecule has 5 heteroatoms. The number of aromatic nitrogens is 1. The summed E-state index contributed by atoms with van der Waals surface area (Å²) in [6.07, 6.45) is 3.74. The molecular formula is C17H21N3O2. The van der Waals surface area contributed by atoms with Gasteiger partial charge in [-0.25, -0.2) is 4.79 Å². The molecule has 2 N–H and O–H groups in total. The van der Waals surface area contributed by atoms with Crippen molar-refractivity contribution in [3.8, 4) is 0 Å². The normalized spacial score (nSPS) is 21.8. The number of likely N-dealkylation sites (tertiary alicyclic amines) is 1. The average Bonchev–Trinajstić information content (AvgIpc) is 2.55. The average molecular weight is 299 g/mol. The lowest BCUT2D eigenvalue weighted by Crippen LogP contribution is -2.51. The number of para-hydroxylation sites is 1. The number of fused-ring (bicyclic) bond motifs is 1. The highest BCUT2D eigenvalue weighted by Gasteiger charge is 2.31. The monoisotopic (exact) mass is 299 g/mol. The molecule has 0 bridgehead atoms. The summed E-state index contributed by atoms with van der Waals surface area (Å²) in [5.41, 5.74) is 1.49. The second kappa shape index (κ2) is 6.32. The number of nitrogens with one attached hydrogen (secondary N) is 1. The number of rotatable bonds is 2. The number of nitrogens with zero attached hydrogens (tertiary/aromatic N) is 2. The van der Waals surface area contributed by atoms with E-state index in [-0.39, 0.29) is 18.7 Å². The summed E-state index contributed by atoms with van der Waals surface area (Å²) in [4.78, 5) is 18.7. The van der Waals surface area contributed by atoms with Crippen molar-refractivity contribution in [3.63, 3.8) is 0 Å². The molecule has 116 valence electrons. The van der Waals surface area contributed by atoms with Gasteiger partial charge >= 0.3 is 6.03 Å². The van der Waals surface area contributed by atoms with Crippen molar-refractivity contribution in [2.24, 2.45) is 5.92 Å². The molecule has 1 aromatic carbocycles. The maximum atomic E-state index is 12.6. The fourth-order valence-corrected chi connectivity index (χ4v) is 3.17. The Labute approximate surface area is 130 Å². The molecular weight excluding hydrogens is 278 g/mol. The lowest BCUT2D eigenvalue weighted by atomic mass is 9.91. The third-order valence-electron chi connectivity index (χ3n) is 4.44. The number of aliphatic hydroxyl groups excluding tert-OH is 1. The number of piperidine rings is 1. The zero-order valence-electron chi connectivity index (χ0n) is 12.7. The van der Waals surface area contributed by atoms with Crippen LogP contribution in [0.2, 0.25) is 0 Å². The maximum absolute atomic E-state index is 12.6. The zero-order chi connectivity index (χ0) is 15.5. The fraction of sp³-hybridized carbons (Fsp3) is 0.412. The minimum absolute atomic E-state index is 0.00236. The molecule has 1 saturated heterocycles. The zero-order valence-corrected chi connectivity index (χ0v) is 12.7. The van der Waals surface area contributed by atoms with Crippen molar-refractivity contribution in [3.05, 3.63) is 36.5 Å². The summed E-state index contributed by atoms with van der Waals surface area (Å²) < 4.78 is 0. The van der Waals surface area contributed by atoms with Crippen LogP contribution < -0.4 is 5.32 Å². The van der Waals surface area contributed by atoms with Crippen molar-refractivity contribution in [2.75, 3.05) is 18.5 Å². The molecule has 2 aromatic rings. The van der Waals surface area contributed by atoms with E-state index in [2.05, 4.69) is 17.2 Å². The second-order valence-corrected chi connectivity index (χ2v) is 5.87. The van der Waals surface area contributed by atoms with Crippen molar-refractivity contribution in [2.45, 2.75) is 25.8 Å². The Morgan fingerprint density at radius 2 is 2.23 bits per heavy atom. The third kappa shape index (κ3) is 2.76. The summed E-state index contributed by atoms with van der Waals surface area (Å²) in [6.45, 7) is 2.77. The number of urea groups is 1. The molecule has 1 aliphatic rings. The number of benzene rings is 1. The van der Waals surface area contributed by atoms with Crippen molar-refractivity contribution in [1.82, 2.24) is 9.88 Å². The number of anilines is 1. The van der Waals surface area contributed by atoms with Crippen LogP contribution in [-0.2, 0) is 0 Å². The van der Waals surface area contributed by atoms with Crippen LogP contribution in [0, 0.1) is 5.92 Å². The van der Waals surface area contributed by atoms with E-state index in [0.29, 0.717) is 18.2 Å². The van der Waals surface area contributed by atoms with E-state index >= 15 is 0 Å². The Morgan fingerprint density at radius 1 is 1.41 bits per heavy atom. The SMILES string of the molecule is CC1CCCN(C(=O)Nc2cccc3cccnc23)C1CO. The minimum atomic E-state index is -0.163. The summed E-state index contributed by atoms with van der Waals surface area (Å²) in [7, 11) is 0. The van der Waals surface area contributed by atoms with Crippen LogP contribution in [0.25, 0.3) is 10.9 Å². The van der Waals surface area contributed by atoms with Crippen LogP contribution in [0.15, 0.2) is 36.5 Å². The molecule has 0 saturated carbocycles. The number of hydrogen-bond acceptors (Lipinski definition) is 3. The predicted molar refractivity (Wildman–Crippen MR) is 86.7 cm³/mol. The number of pyridine rings is 1. The highest BCUT2D eigenvalue weighted by atomic mass is 16.3. The lowest BCUT2D eigenvalue weighted by Gasteiger charge is -2.38. The van der Waals surface area contributed by atoms with Crippen molar-refractivity contribution < 1.29 is 9.90 Å². The van der Waals surface area contributed by atoms with Gasteiger partial charge in [0.2, 0.25) is 0 Å². The van der Waals surface area contributed by atoms with Gasteiger partial charge in [0, 0.05) is 18.1 Å². The molecule has 1 aliphatic heterocycles. The van der Waals surface area contributed by atoms with Gasteiger partial charge in [0.05, 0.1) is 23.9 Å². The molecule has 2 amide bonds. The number of carbonyl (C=O) groups excluding carboxylic acids is 1. The van der Waals surface area contributed by atoms with Crippen LogP contribution in [0.1, 0.15) is 19.8 Å². The van der Waals surface area contributed by atoms with Crippen molar-refractivity contribution >= 4 is 22.6 Å². The molecule has 0 aliphatic carbocycles. The van der Waals surface area contributed by atoms with Gasteiger partial charge in [-0.2, -0.15) is 0 Å². The molecule has 3 rings (SSSR count). The first-order valence-corrected chi connectivity index (χ1v) is 7.73. The molecule has 2 atom stereocenters. The molecule has 22 heavy (non-hydrogen) atoms. The van der Waals surface area contributed by atoms with E-state index in [1.807, 2.05) is 30.3 Å². The number of hydrogen-bond donors (Lipinski definition) is 2. The highest BCUT2D eigenvalue weighted by Crippen LogP contribution is 2.25. The largest absolute Gasteiger partial charge is 0.394 e. The van der Waals surface area contributed by atoms with Crippen LogP contribution in [0.5, 0.6) is 0 Å². The first-order valence-electron chi connectivity index (χ1n) is 7.73. The molecule has 2 unspecified atom stereocenters. The Morgan fingerprint density at radius 3 is 3.05 bits per heavy atom. The van der Waals surface area contributed by atoms with E-state index in [0.717, 1.165) is 23.7 Å². The summed E-state index contributed by atoms with van der Waals surface area (Å²) >= 11 is 0. The van der Waals surface area contributed by atoms with E-state index < -0.39 is 0 Å². The molecule has 1 fully saturated rings. The highest BCUT2D eigenvalue weighted by molar-refractivity contribution is 5.99. The van der Waals surface area contributed by atoms with Crippen LogP contribution in [0.3, 0.4) is 0 Å². The Bertz CT molecular complexity index is 669. The van der Waals surface area contributed by atoms with E-state index in [4.69, 9.17) is 0 Å². The summed E-state index contributed by atoms with van der Waals surface area (Å²) in [5, 5.41) is 13.5. The van der Waals surface area contributed by atoms with Crippen LogP contribution in [-0.4, -0.2) is 40.2 Å². The van der Waals surface area contributed by atoms with E-state index in [9.17, 15) is 9.90 Å². The third-order valence-corrected chi connectivity index (χ3v) is 4.44. The Kier molecular flexibility index (Phi) is 4.24. The van der Waals surface area contributed by atoms with E-state index in [1.54, 1.807) is 11.1 Å². The van der Waals surface area contributed by atoms with Gasteiger partial charge in [0.1, 0.15) is 0 Å². The lowest BCUT2D eigenvalue weighted by molar-refractivity contribution is 0.0811. The van der Waals surface area contributed by atoms with Gasteiger partial charge in [-0.05, 0) is 30.9 Å². The van der Waals surface area contributed by atoms with Gasteiger partial charge in [-0.15, -0.1) is 0 Å². The standard InChI is InChI=1S/C17H21N3O2/c1-12-5-4-10-20(15(12)11-21)17(22)19-14-8-2-6-13-7-3-9-18-16(13)14/h2-3,6-9,12,15,21H,4-5,10-11H2,1H3,(H,19,22). The molecule has 0 spiro atoms. The van der Waals surface area contributed by atoms with Crippen LogP contribution >= 0.6 is 0 Å². The van der Waals surface area contributed by atoms with Gasteiger partial charge in [0.15, 0.2) is 0 Å². The van der Waals surface area contributed by atoms with E-state index in [1.165, 1.54) is 0 Å². The van der Waals surface area contributed by atoms with Gasteiger partial charge < -0.3 is 15.3 Å². The molecule has 1 aromatic heterocycles. The van der Waals surface area contributed by atoms with Gasteiger partial charge in [-0.1, -0.05) is 25.1 Å². The second-order valence-electron chi connectivity index (χ2n) is 5.87. The topological polar surface area (TPSA) is 65.5 Å². The first kappa shape index (κ1) is 14.8. The predicted octanol–water partition coefficient (Wildman–Crippen LogP) is 2.86. The molecule has 0 radical (unpaired) electrons. The van der Waals surface area contributed by atoms with Gasteiger partial charge in [-0.3, -0.25) is 4.98 Å². The quantitative estimate of drug-likeness (QED) is 0.896. The van der Waals surface area contributed by atoms with Crippen LogP contribution in [0.4, 0.5) is 10.5 Å². The summed E-state index contributed by atoms with van der Waals surface area (Å²) in [6, 6.07) is 9.30. The smallest absolute Gasteiger partial charge is 0.322 e. The minimum Gasteiger partial charge on any atom is -0.394 e. The van der Waals surface area contributed by atoms with Crippen molar-refractivity contribution in [1.29, 1.82) is 0 Å². The first-order chi connectivity index (χ1) is 10.7. The Balaban J connectivity index is 1.83. The number of carbonyl (C=O) groups is 1. The fourth-order valence-electron chi connectivity index (χ4n) is 3.17. The molecule has 5 nitrogen and oxygen atoms in total. The number of aliphatic hydroxyl groups is 1. The number of amides is 2. The summed E-state index contributed by atoms with van der Waals surface area (Å²) in [5.74, 6) is 0.315. The molecule has 2 heterocycles. The van der Waals surface area contributed by atoms with Gasteiger partial charge in [0.25, 0.3) is 0 Å². The Hall–Kier alpha value is -2.14. The maximum Gasteiger partial charge on any atom is 0.322 e.